The highest BCUT2D eigenvalue weighted by atomic mass is 32.2. The van der Waals surface area contributed by atoms with Crippen molar-refractivity contribution in [2.24, 2.45) is 0 Å². The summed E-state index contributed by atoms with van der Waals surface area (Å²) in [4.78, 5) is 27.9. The van der Waals surface area contributed by atoms with E-state index >= 15 is 0 Å². The van der Waals surface area contributed by atoms with Gasteiger partial charge in [-0.1, -0.05) is 30.0 Å². The number of hydrogen-bond acceptors (Lipinski definition) is 8. The second kappa shape index (κ2) is 13.4. The van der Waals surface area contributed by atoms with Crippen LogP contribution in [0.1, 0.15) is 48.0 Å². The van der Waals surface area contributed by atoms with Gasteiger partial charge in [0.15, 0.2) is 5.79 Å². The number of methoxy groups -OCH3 is 3. The molecule has 0 unspecified atom stereocenters. The first-order chi connectivity index (χ1) is 18.9. The Hall–Kier alpha value is -3.01. The zero-order valence-corrected chi connectivity index (χ0v) is 23.6. The fraction of sp³-hybridized carbons (Fsp3) is 0.467. The highest BCUT2D eigenvalue weighted by Crippen LogP contribution is 2.43. The smallest absolute Gasteiger partial charge is 0.338 e. The summed E-state index contributed by atoms with van der Waals surface area (Å²) in [7, 11) is 4.81. The van der Waals surface area contributed by atoms with Crippen LogP contribution in [0.5, 0.6) is 11.5 Å². The highest BCUT2D eigenvalue weighted by Gasteiger charge is 2.54. The molecular formula is C30H37NO7S. The lowest BCUT2D eigenvalue weighted by Gasteiger charge is -2.48. The molecule has 4 rings (SSSR count). The van der Waals surface area contributed by atoms with Crippen LogP contribution in [0, 0.1) is 0 Å². The number of benzene rings is 2. The van der Waals surface area contributed by atoms with Gasteiger partial charge >= 0.3 is 5.97 Å². The lowest BCUT2D eigenvalue weighted by molar-refractivity contribution is -0.304. The Bertz CT molecular complexity index is 1120. The summed E-state index contributed by atoms with van der Waals surface area (Å²) in [5.74, 6) is 0.407. The molecule has 0 spiro atoms. The minimum atomic E-state index is -1.12. The molecule has 2 aliphatic heterocycles. The van der Waals surface area contributed by atoms with E-state index in [1.807, 2.05) is 35.2 Å². The number of hydrogen-bond donors (Lipinski definition) is 0. The van der Waals surface area contributed by atoms with Crippen molar-refractivity contribution >= 4 is 23.0 Å². The summed E-state index contributed by atoms with van der Waals surface area (Å²) < 4.78 is 29.3. The fourth-order valence-electron chi connectivity index (χ4n) is 5.17. The van der Waals surface area contributed by atoms with Crippen LogP contribution >= 0.6 is 11.8 Å². The van der Waals surface area contributed by atoms with Crippen molar-refractivity contribution < 1.29 is 33.3 Å². The standard InChI is InChI=1S/C30H37NO7S/c1-5-6-7-8-25-17-26(37-28(32)22-11-15-24(35-3)16-12-22)18-30(36-4,38-25)27-20-39-29(33)31(27)19-21-9-13-23(34-2)14-10-21/h5,9-16,25-27H,1,6-8,17-20H2,2-4H3/t25-,26-,27+,30-/m1/s1. The van der Waals surface area contributed by atoms with Gasteiger partial charge in [-0.05, 0) is 61.2 Å². The SMILES string of the molecule is C=CCCC[C@@H]1C[C@@H](OC(=O)c2ccc(OC)cc2)C[C@](OC)([C@@H]2CSC(=O)N2Cc2ccc(OC)cc2)O1. The first kappa shape index (κ1) is 29.0. The summed E-state index contributed by atoms with van der Waals surface area (Å²) in [5, 5.41) is -0.0311. The van der Waals surface area contributed by atoms with E-state index in [0.29, 0.717) is 36.5 Å². The molecule has 2 heterocycles. The van der Waals surface area contributed by atoms with E-state index in [0.717, 1.165) is 30.6 Å². The number of nitrogens with zero attached hydrogens (tertiary/aromatic N) is 1. The topological polar surface area (TPSA) is 83.5 Å². The minimum absolute atomic E-state index is 0.0311. The van der Waals surface area contributed by atoms with Crippen molar-refractivity contribution in [1.29, 1.82) is 0 Å². The average molecular weight is 556 g/mol. The van der Waals surface area contributed by atoms with E-state index in [-0.39, 0.29) is 17.4 Å². The van der Waals surface area contributed by atoms with Crippen molar-refractivity contribution in [2.45, 2.75) is 62.7 Å². The Morgan fingerprint density at radius 2 is 1.77 bits per heavy atom. The molecule has 2 fully saturated rings. The van der Waals surface area contributed by atoms with Crippen molar-refractivity contribution in [3.05, 3.63) is 72.3 Å². The Kier molecular flexibility index (Phi) is 9.94. The van der Waals surface area contributed by atoms with Gasteiger partial charge in [0, 0.05) is 32.2 Å². The van der Waals surface area contributed by atoms with Crippen molar-refractivity contribution in [1.82, 2.24) is 4.90 Å². The molecule has 9 heteroatoms. The number of ether oxygens (including phenoxy) is 5. The molecule has 4 atom stereocenters. The Morgan fingerprint density at radius 3 is 2.38 bits per heavy atom. The highest BCUT2D eigenvalue weighted by molar-refractivity contribution is 8.13. The van der Waals surface area contributed by atoms with Gasteiger partial charge in [0.1, 0.15) is 17.6 Å². The summed E-state index contributed by atoms with van der Waals surface area (Å²) in [5.41, 5.74) is 1.42. The van der Waals surface area contributed by atoms with Crippen LogP contribution in [0.2, 0.25) is 0 Å². The van der Waals surface area contributed by atoms with Gasteiger partial charge in [-0.15, -0.1) is 6.58 Å². The molecule has 210 valence electrons. The molecule has 39 heavy (non-hydrogen) atoms. The number of carbonyl (C=O) groups is 2. The quantitative estimate of drug-likeness (QED) is 0.183. The average Bonchev–Trinajstić information content (AvgIpc) is 3.33. The summed E-state index contributed by atoms with van der Waals surface area (Å²) in [6.45, 7) is 4.23. The number of allylic oxidation sites excluding steroid dienone is 1. The molecule has 2 saturated heterocycles. The molecular weight excluding hydrogens is 518 g/mol. The van der Waals surface area contributed by atoms with Gasteiger partial charge in [0.05, 0.1) is 31.9 Å². The maximum absolute atomic E-state index is 13.1. The Labute approximate surface area is 234 Å². The predicted octanol–water partition coefficient (Wildman–Crippen LogP) is 5.84. The van der Waals surface area contributed by atoms with Crippen LogP contribution in [0.4, 0.5) is 4.79 Å². The predicted molar refractivity (Wildman–Crippen MR) is 150 cm³/mol. The zero-order valence-electron chi connectivity index (χ0n) is 22.8. The molecule has 2 aromatic rings. The number of rotatable bonds is 12. The third-order valence-corrected chi connectivity index (χ3v) is 8.24. The molecule has 0 radical (unpaired) electrons. The van der Waals surface area contributed by atoms with Crippen LogP contribution in [0.3, 0.4) is 0 Å². The van der Waals surface area contributed by atoms with Gasteiger partial charge in [-0.3, -0.25) is 4.79 Å². The normalized spacial score (nSPS) is 24.8. The lowest BCUT2D eigenvalue weighted by atomic mass is 9.90. The number of unbranched alkanes of at least 4 members (excludes halogenated alkanes) is 1. The van der Waals surface area contributed by atoms with E-state index < -0.39 is 17.9 Å². The van der Waals surface area contributed by atoms with E-state index in [4.69, 9.17) is 23.7 Å². The van der Waals surface area contributed by atoms with Crippen molar-refractivity contribution in [3.8, 4) is 11.5 Å². The van der Waals surface area contributed by atoms with Gasteiger partial charge in [-0.2, -0.15) is 0 Å². The Morgan fingerprint density at radius 1 is 1.10 bits per heavy atom. The fourth-order valence-corrected chi connectivity index (χ4v) is 6.27. The van der Waals surface area contributed by atoms with Gasteiger partial charge in [-0.25, -0.2) is 4.79 Å². The van der Waals surface area contributed by atoms with Crippen LogP contribution in [-0.4, -0.2) is 67.2 Å². The first-order valence-corrected chi connectivity index (χ1v) is 14.1. The van der Waals surface area contributed by atoms with E-state index in [2.05, 4.69) is 6.58 Å². The molecule has 0 N–H and O–H groups in total. The monoisotopic (exact) mass is 555 g/mol. The largest absolute Gasteiger partial charge is 0.497 e. The molecule has 8 nitrogen and oxygen atoms in total. The van der Waals surface area contributed by atoms with Gasteiger partial charge in [0.2, 0.25) is 0 Å². The summed E-state index contributed by atoms with van der Waals surface area (Å²) in [6.07, 6.45) is 4.63. The van der Waals surface area contributed by atoms with E-state index in [1.165, 1.54) is 11.8 Å². The number of amides is 1. The second-order valence-corrected chi connectivity index (χ2v) is 10.7. The van der Waals surface area contributed by atoms with Crippen LogP contribution in [0.25, 0.3) is 0 Å². The van der Waals surface area contributed by atoms with Crippen LogP contribution in [0.15, 0.2) is 61.2 Å². The number of thioether (sulfide) groups is 1. The zero-order chi connectivity index (χ0) is 27.8. The maximum atomic E-state index is 13.1. The molecule has 2 aliphatic rings. The number of esters is 1. The van der Waals surface area contributed by atoms with Crippen LogP contribution < -0.4 is 9.47 Å². The van der Waals surface area contributed by atoms with Gasteiger partial charge < -0.3 is 28.6 Å². The maximum Gasteiger partial charge on any atom is 0.338 e. The second-order valence-electron chi connectivity index (χ2n) is 9.74. The summed E-state index contributed by atoms with van der Waals surface area (Å²) in [6, 6.07) is 14.1. The Balaban J connectivity index is 1.56. The summed E-state index contributed by atoms with van der Waals surface area (Å²) >= 11 is 1.26. The van der Waals surface area contributed by atoms with E-state index in [1.54, 1.807) is 45.6 Å². The van der Waals surface area contributed by atoms with E-state index in [9.17, 15) is 9.59 Å². The van der Waals surface area contributed by atoms with Crippen molar-refractivity contribution in [3.63, 3.8) is 0 Å². The lowest BCUT2D eigenvalue weighted by Crippen LogP contribution is -2.60. The molecule has 2 aromatic carbocycles. The third kappa shape index (κ3) is 6.96. The first-order valence-electron chi connectivity index (χ1n) is 13.2. The molecule has 0 saturated carbocycles. The minimum Gasteiger partial charge on any atom is -0.497 e. The molecule has 1 amide bonds. The third-order valence-electron chi connectivity index (χ3n) is 7.28. The molecule has 0 aromatic heterocycles. The number of carbonyl (C=O) groups excluding carboxylic acids is 2. The molecule has 0 aliphatic carbocycles. The van der Waals surface area contributed by atoms with Crippen LogP contribution in [-0.2, 0) is 20.8 Å². The van der Waals surface area contributed by atoms with Crippen molar-refractivity contribution in [2.75, 3.05) is 27.1 Å². The molecule has 0 bridgehead atoms. The van der Waals surface area contributed by atoms with Gasteiger partial charge in [0.25, 0.3) is 5.24 Å².